The second kappa shape index (κ2) is 8.01. The largest absolute Gasteiger partial charge is 0.483 e. The number of aromatic nitrogens is 2. The first-order valence-electron chi connectivity index (χ1n) is 8.03. The third-order valence-electron chi connectivity index (χ3n) is 3.77. The van der Waals surface area contributed by atoms with E-state index >= 15 is 0 Å². The summed E-state index contributed by atoms with van der Waals surface area (Å²) in [5.74, 6) is 1.22. The van der Waals surface area contributed by atoms with Gasteiger partial charge in [0.1, 0.15) is 5.75 Å². The highest BCUT2D eigenvalue weighted by Crippen LogP contribution is 2.22. The summed E-state index contributed by atoms with van der Waals surface area (Å²) in [5, 5.41) is 8.63. The second-order valence-electron chi connectivity index (χ2n) is 5.82. The van der Waals surface area contributed by atoms with Crippen molar-refractivity contribution >= 4 is 17.5 Å². The monoisotopic (exact) mass is 371 g/mol. The number of likely N-dealkylation sites (N-methyl/N-ethyl adjacent to an activating group) is 1. The Morgan fingerprint density at radius 1 is 1.19 bits per heavy atom. The zero-order valence-corrected chi connectivity index (χ0v) is 15.2. The summed E-state index contributed by atoms with van der Waals surface area (Å²) in [5.41, 5.74) is 1.71. The van der Waals surface area contributed by atoms with Crippen molar-refractivity contribution in [2.75, 3.05) is 13.7 Å². The predicted octanol–water partition coefficient (Wildman–Crippen LogP) is 3.74. The van der Waals surface area contributed by atoms with E-state index in [4.69, 9.17) is 20.8 Å². The number of rotatable bonds is 6. The first-order valence-corrected chi connectivity index (χ1v) is 8.41. The first-order chi connectivity index (χ1) is 12.5. The highest BCUT2D eigenvalue weighted by atomic mass is 35.5. The van der Waals surface area contributed by atoms with Crippen LogP contribution in [0.3, 0.4) is 0 Å². The molecule has 0 aliphatic rings. The maximum absolute atomic E-state index is 12.3. The third-order valence-corrected chi connectivity index (χ3v) is 4.01. The van der Waals surface area contributed by atoms with Gasteiger partial charge in [0.2, 0.25) is 11.8 Å². The van der Waals surface area contributed by atoms with Crippen LogP contribution >= 0.6 is 11.6 Å². The molecule has 0 spiro atoms. The lowest BCUT2D eigenvalue weighted by Crippen LogP contribution is -2.31. The number of halogens is 1. The average Bonchev–Trinajstić information content (AvgIpc) is 3.10. The Morgan fingerprint density at radius 2 is 1.96 bits per heavy atom. The van der Waals surface area contributed by atoms with Crippen molar-refractivity contribution in [3.63, 3.8) is 0 Å². The summed E-state index contributed by atoms with van der Waals surface area (Å²) in [6.45, 7) is 2.00. The molecule has 0 bridgehead atoms. The minimum atomic E-state index is -0.196. The number of carbonyl (C=O) groups is 1. The number of hydrogen-bond donors (Lipinski definition) is 0. The predicted molar refractivity (Wildman–Crippen MR) is 97.9 cm³/mol. The molecule has 0 aliphatic heterocycles. The van der Waals surface area contributed by atoms with Crippen LogP contribution in [0.15, 0.2) is 52.9 Å². The van der Waals surface area contributed by atoms with Crippen LogP contribution in [0.2, 0.25) is 5.02 Å². The molecule has 134 valence electrons. The normalized spacial score (nSPS) is 10.6. The van der Waals surface area contributed by atoms with Gasteiger partial charge in [0.05, 0.1) is 6.54 Å². The van der Waals surface area contributed by atoms with Crippen LogP contribution in [0.25, 0.3) is 11.5 Å². The van der Waals surface area contributed by atoms with Crippen molar-refractivity contribution in [3.8, 4) is 17.2 Å². The standard InChI is InChI=1S/C19H18ClN3O3/c1-13-10-15(20)8-9-16(13)25-12-18(24)23(2)11-17-21-22-19(26-17)14-6-4-3-5-7-14/h3-10H,11-12H2,1-2H3. The molecule has 6 nitrogen and oxygen atoms in total. The topological polar surface area (TPSA) is 68.5 Å². The number of nitrogens with zero attached hydrogens (tertiary/aromatic N) is 3. The van der Waals surface area contributed by atoms with Crippen LogP contribution in [0, 0.1) is 6.92 Å². The van der Waals surface area contributed by atoms with E-state index in [0.29, 0.717) is 22.6 Å². The summed E-state index contributed by atoms with van der Waals surface area (Å²) in [6.07, 6.45) is 0. The number of benzene rings is 2. The SMILES string of the molecule is Cc1cc(Cl)ccc1OCC(=O)N(C)Cc1nnc(-c2ccccc2)o1. The fraction of sp³-hybridized carbons (Fsp3) is 0.211. The van der Waals surface area contributed by atoms with Gasteiger partial charge in [0.25, 0.3) is 5.91 Å². The van der Waals surface area contributed by atoms with E-state index in [1.54, 1.807) is 25.2 Å². The molecule has 1 heterocycles. The van der Waals surface area contributed by atoms with Gasteiger partial charge in [0.15, 0.2) is 6.61 Å². The van der Waals surface area contributed by atoms with Crippen LogP contribution < -0.4 is 4.74 Å². The maximum Gasteiger partial charge on any atom is 0.260 e. The Bertz CT molecular complexity index is 896. The smallest absolute Gasteiger partial charge is 0.260 e. The molecule has 2 aromatic carbocycles. The van der Waals surface area contributed by atoms with Crippen molar-refractivity contribution in [3.05, 3.63) is 65.0 Å². The van der Waals surface area contributed by atoms with E-state index in [0.717, 1.165) is 11.1 Å². The molecule has 7 heteroatoms. The van der Waals surface area contributed by atoms with Gasteiger partial charge in [-0.2, -0.15) is 0 Å². The Labute approximate surface area is 156 Å². The molecular formula is C19H18ClN3O3. The zero-order chi connectivity index (χ0) is 18.5. The molecule has 0 fully saturated rings. The molecule has 1 amide bonds. The molecular weight excluding hydrogens is 354 g/mol. The van der Waals surface area contributed by atoms with Crippen molar-refractivity contribution in [1.82, 2.24) is 15.1 Å². The molecule has 1 aromatic heterocycles. The Balaban J connectivity index is 1.57. The molecule has 0 unspecified atom stereocenters. The number of aryl methyl sites for hydroxylation is 1. The summed E-state index contributed by atoms with van der Waals surface area (Å²) in [7, 11) is 1.66. The van der Waals surface area contributed by atoms with Crippen molar-refractivity contribution < 1.29 is 13.9 Å². The van der Waals surface area contributed by atoms with Gasteiger partial charge in [0, 0.05) is 17.6 Å². The fourth-order valence-corrected chi connectivity index (χ4v) is 2.56. The van der Waals surface area contributed by atoms with Gasteiger partial charge in [-0.15, -0.1) is 10.2 Å². The van der Waals surface area contributed by atoms with E-state index in [1.165, 1.54) is 4.90 Å². The molecule has 0 saturated carbocycles. The molecule has 0 aliphatic carbocycles. The van der Waals surface area contributed by atoms with Crippen LogP contribution in [0.4, 0.5) is 0 Å². The van der Waals surface area contributed by atoms with Gasteiger partial charge in [-0.05, 0) is 42.8 Å². The second-order valence-corrected chi connectivity index (χ2v) is 6.25. The number of hydrogen-bond acceptors (Lipinski definition) is 5. The van der Waals surface area contributed by atoms with E-state index < -0.39 is 0 Å². The quantitative estimate of drug-likeness (QED) is 0.660. The van der Waals surface area contributed by atoms with E-state index in [2.05, 4.69) is 10.2 Å². The van der Waals surface area contributed by atoms with Crippen LogP contribution in [0.1, 0.15) is 11.5 Å². The summed E-state index contributed by atoms with van der Waals surface area (Å²) in [6, 6.07) is 14.7. The minimum absolute atomic E-state index is 0.0847. The molecule has 0 radical (unpaired) electrons. The first kappa shape index (κ1) is 17.9. The van der Waals surface area contributed by atoms with Crippen molar-refractivity contribution in [2.24, 2.45) is 0 Å². The summed E-state index contributed by atoms with van der Waals surface area (Å²) < 4.78 is 11.2. The van der Waals surface area contributed by atoms with Crippen LogP contribution in [0.5, 0.6) is 5.75 Å². The summed E-state index contributed by atoms with van der Waals surface area (Å²) >= 11 is 5.91. The van der Waals surface area contributed by atoms with Gasteiger partial charge < -0.3 is 14.1 Å². The molecule has 3 rings (SSSR count). The van der Waals surface area contributed by atoms with E-state index in [1.807, 2.05) is 37.3 Å². The van der Waals surface area contributed by atoms with E-state index in [-0.39, 0.29) is 19.1 Å². The van der Waals surface area contributed by atoms with Gasteiger partial charge in [-0.1, -0.05) is 29.8 Å². The minimum Gasteiger partial charge on any atom is -0.483 e. The lowest BCUT2D eigenvalue weighted by atomic mass is 10.2. The molecule has 3 aromatic rings. The van der Waals surface area contributed by atoms with Gasteiger partial charge in [-0.3, -0.25) is 4.79 Å². The zero-order valence-electron chi connectivity index (χ0n) is 14.5. The Kier molecular flexibility index (Phi) is 5.53. The van der Waals surface area contributed by atoms with Crippen molar-refractivity contribution in [2.45, 2.75) is 13.5 Å². The Hall–Kier alpha value is -2.86. The van der Waals surface area contributed by atoms with Crippen LogP contribution in [-0.2, 0) is 11.3 Å². The summed E-state index contributed by atoms with van der Waals surface area (Å²) in [4.78, 5) is 13.7. The lowest BCUT2D eigenvalue weighted by molar-refractivity contribution is -0.132. The fourth-order valence-electron chi connectivity index (χ4n) is 2.33. The number of carbonyl (C=O) groups excluding carboxylic acids is 1. The maximum atomic E-state index is 12.3. The molecule has 0 saturated heterocycles. The average molecular weight is 372 g/mol. The van der Waals surface area contributed by atoms with Crippen molar-refractivity contribution in [1.29, 1.82) is 0 Å². The van der Waals surface area contributed by atoms with Crippen LogP contribution in [-0.4, -0.2) is 34.7 Å². The number of amides is 1. The van der Waals surface area contributed by atoms with Gasteiger partial charge >= 0.3 is 0 Å². The Morgan fingerprint density at radius 3 is 2.69 bits per heavy atom. The van der Waals surface area contributed by atoms with Gasteiger partial charge in [-0.25, -0.2) is 0 Å². The lowest BCUT2D eigenvalue weighted by Gasteiger charge is -2.16. The van der Waals surface area contributed by atoms with E-state index in [9.17, 15) is 4.79 Å². The molecule has 26 heavy (non-hydrogen) atoms. The highest BCUT2D eigenvalue weighted by molar-refractivity contribution is 6.30. The number of ether oxygens (including phenoxy) is 1. The third kappa shape index (κ3) is 4.40. The molecule has 0 atom stereocenters. The molecule has 0 N–H and O–H groups in total. The highest BCUT2D eigenvalue weighted by Gasteiger charge is 2.15.